The fourth-order valence-corrected chi connectivity index (χ4v) is 4.78. The van der Waals surface area contributed by atoms with E-state index < -0.39 is 0 Å². The van der Waals surface area contributed by atoms with Gasteiger partial charge in [-0.3, -0.25) is 4.99 Å². The largest absolute Gasteiger partial charge is 0.357 e. The van der Waals surface area contributed by atoms with Gasteiger partial charge in [-0.15, -0.1) is 0 Å². The Balaban J connectivity index is 1.54. The molecule has 28 heavy (non-hydrogen) atoms. The maximum absolute atomic E-state index is 5.03. The van der Waals surface area contributed by atoms with Gasteiger partial charge in [0.25, 0.3) is 0 Å². The van der Waals surface area contributed by atoms with Gasteiger partial charge in [0, 0.05) is 69.8 Å². The standard InChI is InChI=1S/C20H37N7S/c1-5-18-23-20(28-24-18)26-12-10-25(11-13-26)19(21-6-2)22-14-17-8-7-9-27(15-17)16(3)4/h16-17H,5-15H2,1-4H3,(H,21,22). The molecule has 7 nitrogen and oxygen atoms in total. The molecule has 0 amide bonds. The summed E-state index contributed by atoms with van der Waals surface area (Å²) in [6.45, 7) is 17.1. The van der Waals surface area contributed by atoms with E-state index in [4.69, 9.17) is 4.99 Å². The lowest BCUT2D eigenvalue weighted by molar-refractivity contribution is 0.143. The van der Waals surface area contributed by atoms with Crippen LogP contribution in [0.1, 0.15) is 46.4 Å². The zero-order valence-electron chi connectivity index (χ0n) is 18.0. The number of rotatable bonds is 6. The molecule has 0 radical (unpaired) electrons. The predicted octanol–water partition coefficient (Wildman–Crippen LogP) is 2.31. The number of likely N-dealkylation sites (tertiary alicyclic amines) is 1. The summed E-state index contributed by atoms with van der Waals surface area (Å²) in [5, 5.41) is 4.58. The molecule has 1 atom stereocenters. The van der Waals surface area contributed by atoms with Crippen molar-refractivity contribution in [3.8, 4) is 0 Å². The highest BCUT2D eigenvalue weighted by atomic mass is 32.1. The first kappa shape index (κ1) is 21.3. The number of aromatic nitrogens is 2. The molecule has 0 aromatic carbocycles. The summed E-state index contributed by atoms with van der Waals surface area (Å²) in [4.78, 5) is 17.0. The number of aryl methyl sites for hydroxylation is 1. The minimum Gasteiger partial charge on any atom is -0.357 e. The highest BCUT2D eigenvalue weighted by Crippen LogP contribution is 2.20. The Bertz CT molecular complexity index is 622. The van der Waals surface area contributed by atoms with Crippen LogP contribution in [0.25, 0.3) is 0 Å². The molecule has 0 saturated carbocycles. The molecule has 0 aliphatic carbocycles. The lowest BCUT2D eigenvalue weighted by Crippen LogP contribution is -2.52. The molecule has 2 aliphatic rings. The molecule has 2 aliphatic heterocycles. The first-order valence-corrected chi connectivity index (χ1v) is 11.7. The van der Waals surface area contributed by atoms with Crippen molar-refractivity contribution in [3.05, 3.63) is 5.82 Å². The molecular formula is C20H37N7S. The van der Waals surface area contributed by atoms with Crippen molar-refractivity contribution < 1.29 is 0 Å². The summed E-state index contributed by atoms with van der Waals surface area (Å²) < 4.78 is 4.43. The third-order valence-electron chi connectivity index (χ3n) is 5.74. The highest BCUT2D eigenvalue weighted by Gasteiger charge is 2.24. The minimum absolute atomic E-state index is 0.640. The summed E-state index contributed by atoms with van der Waals surface area (Å²) >= 11 is 1.53. The number of hydrogen-bond acceptors (Lipinski definition) is 6. The summed E-state index contributed by atoms with van der Waals surface area (Å²) in [6.07, 6.45) is 3.51. The zero-order valence-corrected chi connectivity index (χ0v) is 18.8. The van der Waals surface area contributed by atoms with E-state index in [0.717, 1.165) is 62.6 Å². The number of hydrogen-bond donors (Lipinski definition) is 1. The van der Waals surface area contributed by atoms with E-state index in [9.17, 15) is 0 Å². The fourth-order valence-electron chi connectivity index (χ4n) is 3.98. The normalized spacial score (nSPS) is 22.2. The highest BCUT2D eigenvalue weighted by molar-refractivity contribution is 7.09. The van der Waals surface area contributed by atoms with Crippen LogP contribution < -0.4 is 10.2 Å². The Morgan fingerprint density at radius 3 is 2.64 bits per heavy atom. The lowest BCUT2D eigenvalue weighted by atomic mass is 9.97. The Morgan fingerprint density at radius 2 is 2.00 bits per heavy atom. The SMILES string of the molecule is CCNC(=NCC1CCCN(C(C)C)C1)N1CCN(c2nc(CC)ns2)CC1. The van der Waals surface area contributed by atoms with Crippen LogP contribution >= 0.6 is 11.5 Å². The number of piperazine rings is 1. The molecule has 2 saturated heterocycles. The number of guanidine groups is 1. The van der Waals surface area contributed by atoms with Crippen LogP contribution in [0.3, 0.4) is 0 Å². The maximum atomic E-state index is 5.03. The summed E-state index contributed by atoms with van der Waals surface area (Å²) in [6, 6.07) is 0.640. The third-order valence-corrected chi connectivity index (χ3v) is 6.55. The number of piperidine rings is 1. The molecule has 0 spiro atoms. The third kappa shape index (κ3) is 5.56. The van der Waals surface area contributed by atoms with Gasteiger partial charge in [-0.2, -0.15) is 4.37 Å². The van der Waals surface area contributed by atoms with Crippen molar-refractivity contribution in [1.82, 2.24) is 24.5 Å². The maximum Gasteiger partial charge on any atom is 0.205 e. The van der Waals surface area contributed by atoms with Crippen LogP contribution in [-0.4, -0.2) is 83.5 Å². The fraction of sp³-hybridized carbons (Fsp3) is 0.850. The van der Waals surface area contributed by atoms with Crippen molar-refractivity contribution in [2.24, 2.45) is 10.9 Å². The van der Waals surface area contributed by atoms with Crippen LogP contribution in [0.4, 0.5) is 5.13 Å². The van der Waals surface area contributed by atoms with E-state index in [1.807, 2.05) is 0 Å². The van der Waals surface area contributed by atoms with E-state index in [0.29, 0.717) is 12.0 Å². The van der Waals surface area contributed by atoms with Crippen molar-refractivity contribution >= 4 is 22.6 Å². The molecular weight excluding hydrogens is 370 g/mol. The average molecular weight is 408 g/mol. The van der Waals surface area contributed by atoms with Gasteiger partial charge in [0.15, 0.2) is 5.96 Å². The zero-order chi connectivity index (χ0) is 19.9. The molecule has 8 heteroatoms. The monoisotopic (exact) mass is 407 g/mol. The number of anilines is 1. The molecule has 3 heterocycles. The summed E-state index contributed by atoms with van der Waals surface area (Å²) in [5.74, 6) is 2.72. The molecule has 158 valence electrons. The lowest BCUT2D eigenvalue weighted by Gasteiger charge is -2.37. The second-order valence-corrected chi connectivity index (χ2v) is 8.84. The summed E-state index contributed by atoms with van der Waals surface area (Å²) in [7, 11) is 0. The van der Waals surface area contributed by atoms with E-state index in [1.54, 1.807) is 0 Å². The van der Waals surface area contributed by atoms with Gasteiger partial charge < -0.3 is 20.0 Å². The topological polar surface area (TPSA) is 59.9 Å². The second kappa shape index (κ2) is 10.4. The van der Waals surface area contributed by atoms with E-state index in [1.165, 1.54) is 37.5 Å². The molecule has 0 bridgehead atoms. The van der Waals surface area contributed by atoms with Gasteiger partial charge in [0.2, 0.25) is 5.13 Å². The van der Waals surface area contributed by atoms with Crippen molar-refractivity contribution in [1.29, 1.82) is 0 Å². The molecule has 3 rings (SSSR count). The van der Waals surface area contributed by atoms with Crippen LogP contribution in [-0.2, 0) is 6.42 Å². The minimum atomic E-state index is 0.640. The number of nitrogens with one attached hydrogen (secondary N) is 1. The summed E-state index contributed by atoms with van der Waals surface area (Å²) in [5.41, 5.74) is 0. The van der Waals surface area contributed by atoms with Crippen molar-refractivity contribution in [3.63, 3.8) is 0 Å². The predicted molar refractivity (Wildman–Crippen MR) is 118 cm³/mol. The van der Waals surface area contributed by atoms with Gasteiger partial charge >= 0.3 is 0 Å². The van der Waals surface area contributed by atoms with Crippen LogP contribution in [0.5, 0.6) is 0 Å². The molecule has 1 unspecified atom stereocenters. The quantitative estimate of drug-likeness (QED) is 0.577. The van der Waals surface area contributed by atoms with Crippen LogP contribution in [0.2, 0.25) is 0 Å². The van der Waals surface area contributed by atoms with Gasteiger partial charge in [-0.25, -0.2) is 4.98 Å². The first-order valence-electron chi connectivity index (χ1n) is 11.0. The van der Waals surface area contributed by atoms with Crippen LogP contribution in [0, 0.1) is 5.92 Å². The van der Waals surface area contributed by atoms with E-state index >= 15 is 0 Å². The van der Waals surface area contributed by atoms with Crippen LogP contribution in [0.15, 0.2) is 4.99 Å². The van der Waals surface area contributed by atoms with Gasteiger partial charge in [0.05, 0.1) is 0 Å². The Kier molecular flexibility index (Phi) is 7.91. The number of nitrogens with zero attached hydrogens (tertiary/aromatic N) is 6. The Morgan fingerprint density at radius 1 is 1.21 bits per heavy atom. The molecule has 1 aromatic rings. The van der Waals surface area contributed by atoms with Crippen molar-refractivity contribution in [2.75, 3.05) is 57.3 Å². The van der Waals surface area contributed by atoms with Gasteiger partial charge in [-0.05, 0) is 46.1 Å². The molecule has 2 fully saturated rings. The molecule has 1 N–H and O–H groups in total. The smallest absolute Gasteiger partial charge is 0.205 e. The second-order valence-electron chi connectivity index (χ2n) is 8.11. The molecule has 1 aromatic heterocycles. The Labute approximate surface area is 174 Å². The van der Waals surface area contributed by atoms with Crippen molar-refractivity contribution in [2.45, 2.75) is 53.0 Å². The Hall–Kier alpha value is -1.41. The average Bonchev–Trinajstić information content (AvgIpc) is 3.21. The first-order chi connectivity index (χ1) is 13.6. The van der Waals surface area contributed by atoms with Gasteiger partial charge in [-0.1, -0.05) is 6.92 Å². The van der Waals surface area contributed by atoms with Gasteiger partial charge in [0.1, 0.15) is 5.82 Å². The number of aliphatic imine (C=N–C) groups is 1. The van der Waals surface area contributed by atoms with E-state index in [2.05, 4.69) is 57.1 Å². The van der Waals surface area contributed by atoms with E-state index in [-0.39, 0.29) is 0 Å².